The van der Waals surface area contributed by atoms with E-state index in [1.54, 1.807) is 12.1 Å². The lowest BCUT2D eigenvalue weighted by Crippen LogP contribution is -2.53. The lowest BCUT2D eigenvalue weighted by atomic mass is 9.95. The van der Waals surface area contributed by atoms with Crippen LogP contribution in [0.15, 0.2) is 47.0 Å². The van der Waals surface area contributed by atoms with Gasteiger partial charge in [-0.1, -0.05) is 35.5 Å². The Hall–Kier alpha value is -3.80. The van der Waals surface area contributed by atoms with Crippen molar-refractivity contribution in [2.24, 2.45) is 17.2 Å². The number of aromatic hydroxyl groups is 1. The third kappa shape index (κ3) is 9.66. The van der Waals surface area contributed by atoms with Crippen LogP contribution in [0.4, 0.5) is 0 Å². The topological polar surface area (TPSA) is 195 Å². The maximum absolute atomic E-state index is 13.8. The highest BCUT2D eigenvalue weighted by Gasteiger charge is 2.29. The van der Waals surface area contributed by atoms with Crippen LogP contribution in [0.5, 0.6) is 5.75 Å². The molecule has 2 aromatic carbocycles. The lowest BCUT2D eigenvalue weighted by molar-refractivity contribution is -0.130. The fourth-order valence-corrected chi connectivity index (χ4v) is 4.74. The molecule has 0 aliphatic carbocycles. The van der Waals surface area contributed by atoms with Crippen LogP contribution in [-0.2, 0) is 22.4 Å². The number of aromatic nitrogens is 2. The van der Waals surface area contributed by atoms with Crippen LogP contribution < -0.4 is 27.8 Å². The first kappa shape index (κ1) is 31.7. The molecule has 0 saturated carbocycles. The van der Waals surface area contributed by atoms with Gasteiger partial charge in [0.25, 0.3) is 0 Å². The largest absolute Gasteiger partial charge is 0.508 e. The van der Waals surface area contributed by atoms with Crippen molar-refractivity contribution in [3.63, 3.8) is 0 Å². The molecule has 1 heterocycles. The molecule has 222 valence electrons. The van der Waals surface area contributed by atoms with Gasteiger partial charge < -0.3 is 37.5 Å². The van der Waals surface area contributed by atoms with Gasteiger partial charge in [-0.2, -0.15) is 4.98 Å². The van der Waals surface area contributed by atoms with E-state index >= 15 is 0 Å². The number of benzene rings is 2. The van der Waals surface area contributed by atoms with Crippen LogP contribution in [0.25, 0.3) is 0 Å². The number of carbonyl (C=O) groups excluding carboxylic acids is 2. The molecular weight excluding hydrogens is 522 g/mol. The maximum Gasteiger partial charge on any atom is 0.249 e. The SMILES string of the molecule is Cc1cc(O)cc(C)c1C[C@H](NC(=O)[C@H](N)CCCN)C(=O)N[C@@H](CCCCN)c1nc(Cc2ccccc2)no1. The monoisotopic (exact) mass is 565 g/mol. The number of phenols is 1. The zero-order valence-electron chi connectivity index (χ0n) is 23.9. The van der Waals surface area contributed by atoms with Crippen molar-refractivity contribution >= 4 is 11.8 Å². The Labute approximate surface area is 241 Å². The van der Waals surface area contributed by atoms with Gasteiger partial charge in [0.05, 0.1) is 6.04 Å². The Kier molecular flexibility index (Phi) is 12.3. The Morgan fingerprint density at radius 3 is 2.29 bits per heavy atom. The summed E-state index contributed by atoms with van der Waals surface area (Å²) in [6, 6.07) is 10.8. The molecule has 3 rings (SSSR count). The van der Waals surface area contributed by atoms with Gasteiger partial charge in [0, 0.05) is 12.8 Å². The van der Waals surface area contributed by atoms with Gasteiger partial charge in [-0.25, -0.2) is 0 Å². The first-order valence-corrected chi connectivity index (χ1v) is 14.1. The number of amides is 2. The molecule has 0 saturated heterocycles. The first-order valence-electron chi connectivity index (χ1n) is 14.1. The fourth-order valence-electron chi connectivity index (χ4n) is 4.74. The Morgan fingerprint density at radius 2 is 1.63 bits per heavy atom. The fraction of sp³-hybridized carbons (Fsp3) is 0.467. The molecule has 11 heteroatoms. The van der Waals surface area contributed by atoms with E-state index in [1.807, 2.05) is 44.2 Å². The van der Waals surface area contributed by atoms with Crippen LogP contribution in [-0.4, -0.2) is 52.2 Å². The predicted molar refractivity (Wildman–Crippen MR) is 157 cm³/mol. The summed E-state index contributed by atoms with van der Waals surface area (Å²) in [5, 5.41) is 20.0. The normalized spacial score (nSPS) is 13.4. The van der Waals surface area contributed by atoms with Gasteiger partial charge in [0.15, 0.2) is 5.82 Å². The molecule has 3 atom stereocenters. The predicted octanol–water partition coefficient (Wildman–Crippen LogP) is 2.06. The molecule has 3 aromatic rings. The molecule has 41 heavy (non-hydrogen) atoms. The number of rotatable bonds is 16. The van der Waals surface area contributed by atoms with Crippen molar-refractivity contribution in [1.29, 1.82) is 0 Å². The molecule has 11 nitrogen and oxygen atoms in total. The summed E-state index contributed by atoms with van der Waals surface area (Å²) in [5.41, 5.74) is 20.9. The minimum atomic E-state index is -0.933. The molecule has 1 aromatic heterocycles. The summed E-state index contributed by atoms with van der Waals surface area (Å²) in [5.74, 6) is 0.103. The number of nitrogens with zero attached hydrogens (tertiary/aromatic N) is 2. The van der Waals surface area contributed by atoms with Crippen LogP contribution in [0.2, 0.25) is 0 Å². The molecule has 0 bridgehead atoms. The summed E-state index contributed by atoms with van der Waals surface area (Å²) in [7, 11) is 0. The van der Waals surface area contributed by atoms with Crippen LogP contribution in [0.3, 0.4) is 0 Å². The molecular formula is C30H43N7O4. The zero-order chi connectivity index (χ0) is 29.8. The highest BCUT2D eigenvalue weighted by atomic mass is 16.5. The highest BCUT2D eigenvalue weighted by Crippen LogP contribution is 2.23. The summed E-state index contributed by atoms with van der Waals surface area (Å²) in [6.45, 7) is 4.64. The third-order valence-electron chi connectivity index (χ3n) is 7.03. The summed E-state index contributed by atoms with van der Waals surface area (Å²) < 4.78 is 5.59. The minimum absolute atomic E-state index is 0.139. The van der Waals surface area contributed by atoms with Crippen molar-refractivity contribution in [2.45, 2.75) is 76.9 Å². The smallest absolute Gasteiger partial charge is 0.249 e. The Bertz CT molecular complexity index is 1240. The van der Waals surface area contributed by atoms with Gasteiger partial charge in [0.1, 0.15) is 17.8 Å². The number of aryl methyl sites for hydroxylation is 2. The van der Waals surface area contributed by atoms with Crippen molar-refractivity contribution in [3.05, 3.63) is 76.4 Å². The summed E-state index contributed by atoms with van der Waals surface area (Å²) in [6.07, 6.45) is 3.72. The molecule has 9 N–H and O–H groups in total. The standard InChI is InChI=1S/C30H43N7O4/c1-19-15-22(38)16-20(2)23(19)18-26(35-28(39)24(33)11-8-14-32)29(40)34-25(12-6-7-13-31)30-36-27(37-41-30)17-21-9-4-3-5-10-21/h3-5,9-10,15-16,24-26,38H,6-8,11-14,17-18,31-33H2,1-2H3,(H,34,40)(H,35,39)/t24-,25+,26+/m1/s1. The summed E-state index contributed by atoms with van der Waals surface area (Å²) >= 11 is 0. The van der Waals surface area contributed by atoms with E-state index in [0.29, 0.717) is 50.5 Å². The highest BCUT2D eigenvalue weighted by molar-refractivity contribution is 5.90. The van der Waals surface area contributed by atoms with Crippen molar-refractivity contribution in [3.8, 4) is 5.75 Å². The molecule has 0 aliphatic rings. The number of nitrogens with two attached hydrogens (primary N) is 3. The van der Waals surface area contributed by atoms with E-state index in [2.05, 4.69) is 20.8 Å². The molecule has 0 unspecified atom stereocenters. The summed E-state index contributed by atoms with van der Waals surface area (Å²) in [4.78, 5) is 31.3. The van der Waals surface area contributed by atoms with Crippen LogP contribution >= 0.6 is 0 Å². The average molecular weight is 566 g/mol. The van der Waals surface area contributed by atoms with Gasteiger partial charge in [-0.3, -0.25) is 9.59 Å². The van der Waals surface area contributed by atoms with Gasteiger partial charge in [-0.15, -0.1) is 0 Å². The molecule has 0 spiro atoms. The molecule has 0 aliphatic heterocycles. The van der Waals surface area contributed by atoms with Crippen molar-refractivity contribution in [1.82, 2.24) is 20.8 Å². The van der Waals surface area contributed by atoms with Gasteiger partial charge in [0.2, 0.25) is 17.7 Å². The number of unbranched alkanes of at least 4 members (excludes halogenated alkanes) is 1. The van der Waals surface area contributed by atoms with E-state index in [9.17, 15) is 14.7 Å². The average Bonchev–Trinajstić information content (AvgIpc) is 3.41. The first-order chi connectivity index (χ1) is 19.7. The number of hydrogen-bond acceptors (Lipinski definition) is 9. The number of hydrogen-bond donors (Lipinski definition) is 6. The number of phenolic OH excluding ortho intramolecular Hbond substituents is 1. The number of nitrogens with one attached hydrogen (secondary N) is 2. The van der Waals surface area contributed by atoms with Gasteiger partial charge >= 0.3 is 0 Å². The van der Waals surface area contributed by atoms with Crippen molar-refractivity contribution in [2.75, 3.05) is 13.1 Å². The second-order valence-electron chi connectivity index (χ2n) is 10.4. The Balaban J connectivity index is 1.84. The van der Waals surface area contributed by atoms with E-state index < -0.39 is 29.9 Å². The van der Waals surface area contributed by atoms with Crippen LogP contribution in [0.1, 0.15) is 72.1 Å². The third-order valence-corrected chi connectivity index (χ3v) is 7.03. The number of carbonyl (C=O) groups is 2. The van der Waals surface area contributed by atoms with E-state index in [1.165, 1.54) is 0 Å². The molecule has 0 fully saturated rings. The Morgan fingerprint density at radius 1 is 0.951 bits per heavy atom. The van der Waals surface area contributed by atoms with Gasteiger partial charge in [-0.05, 0) is 93.4 Å². The lowest BCUT2D eigenvalue weighted by Gasteiger charge is -2.24. The molecule has 2 amide bonds. The van der Waals surface area contributed by atoms with Crippen LogP contribution in [0, 0.1) is 13.8 Å². The second-order valence-corrected chi connectivity index (χ2v) is 10.4. The quantitative estimate of drug-likeness (QED) is 0.141. The zero-order valence-corrected chi connectivity index (χ0v) is 23.9. The second kappa shape index (κ2) is 15.8. The van der Waals surface area contributed by atoms with E-state index in [-0.39, 0.29) is 12.2 Å². The molecule has 0 radical (unpaired) electrons. The maximum atomic E-state index is 13.8. The van der Waals surface area contributed by atoms with E-state index in [0.717, 1.165) is 35.1 Å². The van der Waals surface area contributed by atoms with E-state index in [4.69, 9.17) is 21.7 Å². The minimum Gasteiger partial charge on any atom is -0.508 e. The van der Waals surface area contributed by atoms with Crippen molar-refractivity contribution < 1.29 is 19.2 Å².